The van der Waals surface area contributed by atoms with E-state index in [-0.39, 0.29) is 23.4 Å². The molecule has 0 radical (unpaired) electrons. The molecule has 2 unspecified atom stereocenters. The molecule has 52 heavy (non-hydrogen) atoms. The minimum absolute atomic E-state index is 0.0557. The number of fused-ring (bicyclic) bond motifs is 2. The number of piperidine rings is 2. The Morgan fingerprint density at radius 1 is 0.769 bits per heavy atom. The quantitative estimate of drug-likeness (QED) is 0.181. The van der Waals surface area contributed by atoms with Crippen molar-refractivity contribution in [1.82, 2.24) is 9.80 Å². The van der Waals surface area contributed by atoms with Gasteiger partial charge >= 0.3 is 0 Å². The van der Waals surface area contributed by atoms with Gasteiger partial charge in [-0.3, -0.25) is 14.5 Å². The molecule has 2 atom stereocenters. The van der Waals surface area contributed by atoms with Crippen LogP contribution in [0.1, 0.15) is 107 Å². The Morgan fingerprint density at radius 2 is 1.38 bits per heavy atom. The molecule has 0 bridgehead atoms. The van der Waals surface area contributed by atoms with Crippen LogP contribution in [0.15, 0.2) is 91.5 Å². The number of likely N-dealkylation sites (tertiary alicyclic amines) is 1. The number of Topliss-reactive ketones (excluding diaryl/α,β-unsaturated/α-hetero) is 1. The number of carbonyl (C=O) groups is 2. The van der Waals surface area contributed by atoms with Crippen LogP contribution in [-0.2, 0) is 24.3 Å². The molecule has 1 aliphatic carbocycles. The molecule has 4 aromatic rings. The van der Waals surface area contributed by atoms with Crippen LogP contribution in [0.5, 0.6) is 0 Å². The van der Waals surface area contributed by atoms with Crippen LogP contribution in [0.25, 0.3) is 5.57 Å². The average Bonchev–Trinajstić information content (AvgIpc) is 3.56. The van der Waals surface area contributed by atoms with Gasteiger partial charge in [0.1, 0.15) is 5.82 Å². The summed E-state index contributed by atoms with van der Waals surface area (Å²) in [5.41, 5.74) is 11.8. The fourth-order valence-electron chi connectivity index (χ4n) is 9.67. The third kappa shape index (κ3) is 6.74. The monoisotopic (exact) mass is 695 g/mol. The molecule has 1 amide bonds. The van der Waals surface area contributed by atoms with Crippen molar-refractivity contribution in [2.24, 2.45) is 5.41 Å². The highest BCUT2D eigenvalue weighted by Crippen LogP contribution is 2.47. The van der Waals surface area contributed by atoms with Crippen molar-refractivity contribution in [3.8, 4) is 0 Å². The predicted octanol–water partition coefficient (Wildman–Crippen LogP) is 9.15. The number of benzene rings is 4. The van der Waals surface area contributed by atoms with Crippen LogP contribution in [0.2, 0.25) is 0 Å². The molecular weight excluding hydrogens is 646 g/mol. The normalized spacial score (nSPS) is 21.1. The van der Waals surface area contributed by atoms with Gasteiger partial charge < -0.3 is 9.80 Å². The predicted molar refractivity (Wildman–Crippen MR) is 207 cm³/mol. The van der Waals surface area contributed by atoms with Gasteiger partial charge in [0.2, 0.25) is 5.91 Å². The third-order valence-electron chi connectivity index (χ3n) is 12.8. The van der Waals surface area contributed by atoms with E-state index >= 15 is 0 Å². The summed E-state index contributed by atoms with van der Waals surface area (Å²) in [6, 6.07) is 29.4. The van der Waals surface area contributed by atoms with E-state index in [0.29, 0.717) is 24.4 Å². The molecule has 3 aliphatic heterocycles. The zero-order valence-corrected chi connectivity index (χ0v) is 30.7. The zero-order chi connectivity index (χ0) is 36.0. The maximum absolute atomic E-state index is 13.8. The lowest BCUT2D eigenvalue weighted by Crippen LogP contribution is -2.49. The SMILES string of the molecule is C=C(C)c1cc2c(cc1C(C)=O)CN(CC(=O)N1CCC3(CC1)CCN(c1ccc(C4c5ccccc5CCC4c4ccc(F)cc4)cc1)CC3)C2. The number of hydrogen-bond donors (Lipinski definition) is 0. The van der Waals surface area contributed by atoms with Crippen molar-refractivity contribution in [2.75, 3.05) is 37.6 Å². The minimum atomic E-state index is -0.183. The Kier molecular flexibility index (Phi) is 9.37. The first-order valence-corrected chi connectivity index (χ1v) is 19.2. The molecule has 2 fully saturated rings. The van der Waals surface area contributed by atoms with Gasteiger partial charge in [-0.05, 0) is 139 Å². The van der Waals surface area contributed by atoms with E-state index in [1.54, 1.807) is 19.1 Å². The van der Waals surface area contributed by atoms with Crippen molar-refractivity contribution >= 4 is 23.0 Å². The van der Waals surface area contributed by atoms with Gasteiger partial charge in [-0.1, -0.05) is 60.7 Å². The maximum Gasteiger partial charge on any atom is 0.236 e. The first-order chi connectivity index (χ1) is 25.2. The van der Waals surface area contributed by atoms with E-state index in [1.807, 2.05) is 25.1 Å². The molecule has 1 spiro atoms. The van der Waals surface area contributed by atoms with Crippen molar-refractivity contribution in [2.45, 2.75) is 77.3 Å². The summed E-state index contributed by atoms with van der Waals surface area (Å²) in [5, 5.41) is 0. The highest BCUT2D eigenvalue weighted by molar-refractivity contribution is 5.99. The number of amides is 1. The van der Waals surface area contributed by atoms with E-state index in [1.165, 1.54) is 33.5 Å². The molecule has 0 aromatic heterocycles. The molecular formula is C46H50FN3O2. The van der Waals surface area contributed by atoms with E-state index < -0.39 is 0 Å². The number of allylic oxidation sites excluding steroid dienone is 1. The number of rotatable bonds is 7. The van der Waals surface area contributed by atoms with Gasteiger partial charge in [0.15, 0.2) is 5.78 Å². The van der Waals surface area contributed by atoms with Gasteiger partial charge in [0, 0.05) is 56.4 Å². The van der Waals surface area contributed by atoms with Crippen LogP contribution >= 0.6 is 0 Å². The smallest absolute Gasteiger partial charge is 0.236 e. The molecule has 5 nitrogen and oxygen atoms in total. The second-order valence-electron chi connectivity index (χ2n) is 16.0. The van der Waals surface area contributed by atoms with Gasteiger partial charge in [0.05, 0.1) is 6.54 Å². The van der Waals surface area contributed by atoms with E-state index in [4.69, 9.17) is 0 Å². The van der Waals surface area contributed by atoms with E-state index in [2.05, 4.69) is 75.9 Å². The summed E-state index contributed by atoms with van der Waals surface area (Å²) in [4.78, 5) is 32.6. The molecule has 4 aliphatic rings. The fraction of sp³-hybridized carbons (Fsp3) is 0.391. The van der Waals surface area contributed by atoms with Crippen molar-refractivity contribution in [3.63, 3.8) is 0 Å². The molecule has 6 heteroatoms. The van der Waals surface area contributed by atoms with Crippen LogP contribution in [0, 0.1) is 11.2 Å². The number of aryl methyl sites for hydroxylation is 1. The summed E-state index contributed by atoms with van der Waals surface area (Å²) in [7, 11) is 0. The number of nitrogens with zero attached hydrogens (tertiary/aromatic N) is 3. The Balaban J connectivity index is 0.868. The van der Waals surface area contributed by atoms with Crippen LogP contribution in [0.3, 0.4) is 0 Å². The van der Waals surface area contributed by atoms with Crippen molar-refractivity contribution in [1.29, 1.82) is 0 Å². The Hall–Kier alpha value is -4.55. The lowest BCUT2D eigenvalue weighted by Gasteiger charge is -2.47. The van der Waals surface area contributed by atoms with Gasteiger partial charge in [-0.15, -0.1) is 0 Å². The van der Waals surface area contributed by atoms with Gasteiger partial charge in [-0.25, -0.2) is 4.39 Å². The van der Waals surface area contributed by atoms with Crippen molar-refractivity contribution < 1.29 is 14.0 Å². The topological polar surface area (TPSA) is 43.9 Å². The maximum atomic E-state index is 13.8. The Bertz CT molecular complexity index is 1940. The first kappa shape index (κ1) is 34.5. The van der Waals surface area contributed by atoms with Crippen LogP contribution < -0.4 is 4.90 Å². The molecule has 4 aromatic carbocycles. The summed E-state index contributed by atoms with van der Waals surface area (Å²) in [6.07, 6.45) is 6.55. The van der Waals surface area contributed by atoms with Crippen molar-refractivity contribution in [3.05, 3.63) is 142 Å². The van der Waals surface area contributed by atoms with Crippen LogP contribution in [-0.4, -0.2) is 54.2 Å². The molecule has 8 rings (SSSR count). The largest absolute Gasteiger partial charge is 0.371 e. The van der Waals surface area contributed by atoms with Crippen LogP contribution in [0.4, 0.5) is 10.1 Å². The standard InChI is InChI=1S/C46H50FN3O2/c1-31(2)42-26-36-28-48(29-37(36)27-43(42)32(3)51)30-44(52)50-24-20-46(21-25-50)18-22-49(23-19-46)39-15-10-35(11-16-39)45-40-7-5-4-6-33(40)12-17-41(45)34-8-13-38(47)14-9-34/h4-11,13-16,26-27,41,45H,1,12,17-25,28-30H2,2-3H3. The lowest BCUT2D eigenvalue weighted by atomic mass is 9.69. The summed E-state index contributed by atoms with van der Waals surface area (Å²) in [6.45, 7) is 13.2. The minimum Gasteiger partial charge on any atom is -0.371 e. The number of anilines is 1. The number of ketones is 1. The average molecular weight is 696 g/mol. The molecule has 3 heterocycles. The lowest BCUT2D eigenvalue weighted by molar-refractivity contribution is -0.135. The fourth-order valence-corrected chi connectivity index (χ4v) is 9.67. The number of hydrogen-bond acceptors (Lipinski definition) is 4. The third-order valence-corrected chi connectivity index (χ3v) is 12.8. The van der Waals surface area contributed by atoms with Gasteiger partial charge in [-0.2, -0.15) is 0 Å². The highest BCUT2D eigenvalue weighted by atomic mass is 19.1. The molecule has 0 N–H and O–H groups in total. The Morgan fingerprint density at radius 3 is 2.04 bits per heavy atom. The van der Waals surface area contributed by atoms with E-state index in [0.717, 1.165) is 93.5 Å². The number of halogens is 1. The molecule has 2 saturated heterocycles. The molecule has 268 valence electrons. The number of carbonyl (C=O) groups excluding carboxylic acids is 2. The summed E-state index contributed by atoms with van der Waals surface area (Å²) < 4.78 is 13.8. The second-order valence-corrected chi connectivity index (χ2v) is 16.0. The Labute approximate surface area is 308 Å². The first-order valence-electron chi connectivity index (χ1n) is 19.2. The summed E-state index contributed by atoms with van der Waals surface area (Å²) in [5.74, 6) is 0.652. The highest BCUT2D eigenvalue weighted by Gasteiger charge is 2.39. The summed E-state index contributed by atoms with van der Waals surface area (Å²) >= 11 is 0. The molecule has 0 saturated carbocycles. The van der Waals surface area contributed by atoms with E-state index in [9.17, 15) is 14.0 Å². The van der Waals surface area contributed by atoms with Gasteiger partial charge in [0.25, 0.3) is 0 Å². The second kappa shape index (κ2) is 14.1. The zero-order valence-electron chi connectivity index (χ0n) is 30.7.